The average Bonchev–Trinajstić information content (AvgIpc) is 3.01. The molecule has 0 heterocycles. The molecule has 6 nitrogen and oxygen atoms in total. The van der Waals surface area contributed by atoms with Gasteiger partial charge in [-0.05, 0) is 25.0 Å². The SMILES string of the molecule is O=C(O)c1cc(NC2CC2)ccc1[N+](=O)[O-]. The zero-order valence-electron chi connectivity index (χ0n) is 8.34. The van der Waals surface area contributed by atoms with E-state index in [9.17, 15) is 14.9 Å². The summed E-state index contributed by atoms with van der Waals surface area (Å²) in [6, 6.07) is 4.43. The maximum Gasteiger partial charge on any atom is 0.342 e. The van der Waals surface area contributed by atoms with Crippen LogP contribution >= 0.6 is 0 Å². The molecule has 0 radical (unpaired) electrons. The number of rotatable bonds is 4. The number of anilines is 1. The van der Waals surface area contributed by atoms with Gasteiger partial charge in [-0.25, -0.2) is 4.79 Å². The van der Waals surface area contributed by atoms with E-state index < -0.39 is 10.9 Å². The summed E-state index contributed by atoms with van der Waals surface area (Å²) in [6.07, 6.45) is 2.11. The molecule has 0 unspecified atom stereocenters. The van der Waals surface area contributed by atoms with E-state index in [1.54, 1.807) is 0 Å². The van der Waals surface area contributed by atoms with Gasteiger partial charge in [0.1, 0.15) is 5.56 Å². The van der Waals surface area contributed by atoms with Crippen LogP contribution in [0.15, 0.2) is 18.2 Å². The molecular formula is C10H10N2O4. The number of carboxylic acids is 1. The molecule has 0 aromatic heterocycles. The largest absolute Gasteiger partial charge is 0.477 e. The summed E-state index contributed by atoms with van der Waals surface area (Å²) in [4.78, 5) is 20.8. The molecule has 2 N–H and O–H groups in total. The van der Waals surface area contributed by atoms with Crippen LogP contribution in [0.5, 0.6) is 0 Å². The number of nitrogens with one attached hydrogen (secondary N) is 1. The summed E-state index contributed by atoms with van der Waals surface area (Å²) >= 11 is 0. The summed E-state index contributed by atoms with van der Waals surface area (Å²) in [6.45, 7) is 0. The van der Waals surface area contributed by atoms with E-state index in [1.807, 2.05) is 0 Å². The van der Waals surface area contributed by atoms with Crippen LogP contribution in [0.25, 0.3) is 0 Å². The Hall–Kier alpha value is -2.11. The van der Waals surface area contributed by atoms with E-state index in [2.05, 4.69) is 5.32 Å². The molecule has 1 fully saturated rings. The van der Waals surface area contributed by atoms with E-state index in [-0.39, 0.29) is 11.3 Å². The molecule has 1 saturated carbocycles. The van der Waals surface area contributed by atoms with Crippen LogP contribution in [-0.2, 0) is 0 Å². The van der Waals surface area contributed by atoms with Crippen molar-refractivity contribution in [1.82, 2.24) is 0 Å². The molecule has 2 rings (SSSR count). The molecule has 6 heteroatoms. The third-order valence-electron chi connectivity index (χ3n) is 2.37. The number of carbonyl (C=O) groups is 1. The van der Waals surface area contributed by atoms with Crippen LogP contribution in [0.4, 0.5) is 11.4 Å². The number of hydrogen-bond acceptors (Lipinski definition) is 4. The molecule has 0 atom stereocenters. The van der Waals surface area contributed by atoms with Crippen molar-refractivity contribution in [2.24, 2.45) is 0 Å². The number of carboxylic acid groups (broad SMARTS) is 1. The molecule has 1 aromatic carbocycles. The summed E-state index contributed by atoms with van der Waals surface area (Å²) < 4.78 is 0. The van der Waals surface area contributed by atoms with Gasteiger partial charge < -0.3 is 10.4 Å². The number of nitro groups is 1. The fourth-order valence-electron chi connectivity index (χ4n) is 1.42. The second-order valence-electron chi connectivity index (χ2n) is 3.71. The minimum absolute atomic E-state index is 0.282. The number of aromatic carboxylic acids is 1. The van der Waals surface area contributed by atoms with Gasteiger partial charge in [-0.15, -0.1) is 0 Å². The minimum atomic E-state index is -1.29. The Morgan fingerprint density at radius 1 is 1.50 bits per heavy atom. The topological polar surface area (TPSA) is 92.5 Å². The second-order valence-corrected chi connectivity index (χ2v) is 3.71. The first kappa shape index (κ1) is 10.4. The summed E-state index contributed by atoms with van der Waals surface area (Å²) in [7, 11) is 0. The standard InChI is InChI=1S/C10H10N2O4/c13-10(14)8-5-7(11-6-1-2-6)3-4-9(8)12(15)16/h3-6,11H,1-2H2,(H,13,14). The Morgan fingerprint density at radius 2 is 2.19 bits per heavy atom. The molecule has 16 heavy (non-hydrogen) atoms. The van der Waals surface area contributed by atoms with Crippen molar-refractivity contribution >= 4 is 17.3 Å². The lowest BCUT2D eigenvalue weighted by Gasteiger charge is -2.05. The van der Waals surface area contributed by atoms with Crippen LogP contribution in [0.2, 0.25) is 0 Å². The maximum atomic E-state index is 10.8. The fourth-order valence-corrected chi connectivity index (χ4v) is 1.42. The lowest BCUT2D eigenvalue weighted by Crippen LogP contribution is -2.06. The third-order valence-corrected chi connectivity index (χ3v) is 2.37. The summed E-state index contributed by atoms with van der Waals surface area (Å²) in [5, 5.41) is 22.5. The molecule has 0 spiro atoms. The van der Waals surface area contributed by atoms with Gasteiger partial charge in [-0.1, -0.05) is 0 Å². The normalized spacial score (nSPS) is 14.5. The Kier molecular flexibility index (Phi) is 2.47. The van der Waals surface area contributed by atoms with Crippen LogP contribution in [0.3, 0.4) is 0 Å². The van der Waals surface area contributed by atoms with Gasteiger partial charge in [0, 0.05) is 17.8 Å². The van der Waals surface area contributed by atoms with Crippen molar-refractivity contribution in [2.45, 2.75) is 18.9 Å². The molecule has 0 bridgehead atoms. The first-order valence-electron chi connectivity index (χ1n) is 4.86. The summed E-state index contributed by atoms with van der Waals surface area (Å²) in [5.41, 5.74) is -0.0463. The molecule has 0 saturated heterocycles. The molecule has 1 aliphatic rings. The molecule has 0 amide bonds. The van der Waals surface area contributed by atoms with Crippen molar-refractivity contribution in [1.29, 1.82) is 0 Å². The molecule has 1 aromatic rings. The highest BCUT2D eigenvalue weighted by atomic mass is 16.6. The molecule has 1 aliphatic carbocycles. The van der Waals surface area contributed by atoms with Crippen molar-refractivity contribution in [3.63, 3.8) is 0 Å². The Bertz CT molecular complexity index is 454. The van der Waals surface area contributed by atoms with Crippen LogP contribution in [0, 0.1) is 10.1 Å². The van der Waals surface area contributed by atoms with Crippen LogP contribution in [0.1, 0.15) is 23.2 Å². The first-order valence-corrected chi connectivity index (χ1v) is 4.86. The fraction of sp³-hybridized carbons (Fsp3) is 0.300. The van der Waals surface area contributed by atoms with Gasteiger partial charge in [0.15, 0.2) is 0 Å². The Balaban J connectivity index is 2.34. The van der Waals surface area contributed by atoms with Crippen molar-refractivity contribution in [3.05, 3.63) is 33.9 Å². The summed E-state index contributed by atoms with van der Waals surface area (Å²) in [5.74, 6) is -1.29. The quantitative estimate of drug-likeness (QED) is 0.599. The first-order chi connectivity index (χ1) is 7.58. The smallest absolute Gasteiger partial charge is 0.342 e. The van der Waals surface area contributed by atoms with E-state index in [4.69, 9.17) is 5.11 Å². The van der Waals surface area contributed by atoms with Gasteiger partial charge in [-0.2, -0.15) is 0 Å². The Morgan fingerprint density at radius 3 is 2.69 bits per heavy atom. The number of hydrogen-bond donors (Lipinski definition) is 2. The molecular weight excluding hydrogens is 212 g/mol. The monoisotopic (exact) mass is 222 g/mol. The van der Waals surface area contributed by atoms with Crippen LogP contribution in [-0.4, -0.2) is 22.0 Å². The van der Waals surface area contributed by atoms with Gasteiger partial charge in [0.25, 0.3) is 5.69 Å². The molecule has 0 aliphatic heterocycles. The molecule has 84 valence electrons. The second kappa shape index (κ2) is 3.80. The number of benzene rings is 1. The minimum Gasteiger partial charge on any atom is -0.477 e. The predicted octanol–water partition coefficient (Wildman–Crippen LogP) is 1.87. The van der Waals surface area contributed by atoms with E-state index in [0.29, 0.717) is 11.7 Å². The zero-order valence-corrected chi connectivity index (χ0v) is 8.34. The third kappa shape index (κ3) is 2.10. The lowest BCUT2D eigenvalue weighted by atomic mass is 10.1. The number of nitrogens with zero attached hydrogens (tertiary/aromatic N) is 1. The van der Waals surface area contributed by atoms with E-state index in [0.717, 1.165) is 12.8 Å². The van der Waals surface area contributed by atoms with Crippen molar-refractivity contribution in [3.8, 4) is 0 Å². The Labute approximate surface area is 91.0 Å². The average molecular weight is 222 g/mol. The predicted molar refractivity (Wildman–Crippen MR) is 56.7 cm³/mol. The van der Waals surface area contributed by atoms with E-state index >= 15 is 0 Å². The highest BCUT2D eigenvalue weighted by Crippen LogP contribution is 2.28. The maximum absolute atomic E-state index is 10.8. The highest BCUT2D eigenvalue weighted by Gasteiger charge is 2.24. The lowest BCUT2D eigenvalue weighted by molar-refractivity contribution is -0.385. The highest BCUT2D eigenvalue weighted by molar-refractivity contribution is 5.93. The van der Waals surface area contributed by atoms with Crippen LogP contribution < -0.4 is 5.32 Å². The van der Waals surface area contributed by atoms with Gasteiger partial charge in [-0.3, -0.25) is 10.1 Å². The number of nitro benzene ring substituents is 1. The van der Waals surface area contributed by atoms with Gasteiger partial charge in [0.05, 0.1) is 4.92 Å². The van der Waals surface area contributed by atoms with Gasteiger partial charge >= 0.3 is 5.97 Å². The van der Waals surface area contributed by atoms with Gasteiger partial charge in [0.2, 0.25) is 0 Å². The zero-order chi connectivity index (χ0) is 11.7. The van der Waals surface area contributed by atoms with Crippen molar-refractivity contribution in [2.75, 3.05) is 5.32 Å². The van der Waals surface area contributed by atoms with Crippen molar-refractivity contribution < 1.29 is 14.8 Å². The van der Waals surface area contributed by atoms with E-state index in [1.165, 1.54) is 18.2 Å².